The first-order valence-electron chi connectivity index (χ1n) is 6.41. The second kappa shape index (κ2) is 5.90. The Morgan fingerprint density at radius 3 is 2.05 bits per heavy atom. The van der Waals surface area contributed by atoms with Crippen LogP contribution in [0.2, 0.25) is 0 Å². The summed E-state index contributed by atoms with van der Waals surface area (Å²) in [6, 6.07) is 7.08. The van der Waals surface area contributed by atoms with Gasteiger partial charge in [-0.05, 0) is 46.8 Å². The Hall–Kier alpha value is -2.10. The quantitative estimate of drug-likeness (QED) is 0.770. The fourth-order valence-corrected chi connectivity index (χ4v) is 1.50. The van der Waals surface area contributed by atoms with Gasteiger partial charge in [-0.3, -0.25) is 4.79 Å². The molecule has 0 radical (unpaired) electrons. The smallest absolute Gasteiger partial charge is 0.422 e. The summed E-state index contributed by atoms with van der Waals surface area (Å²) in [5.74, 6) is -0.469. The van der Waals surface area contributed by atoms with Crippen LogP contribution in [0, 0.1) is 6.92 Å². The number of amides is 2. The second-order valence-electron chi connectivity index (χ2n) is 5.74. The number of rotatable bonds is 2. The largest absolute Gasteiger partial charge is 0.443 e. The third-order valence-electron chi connectivity index (χ3n) is 2.44. The van der Waals surface area contributed by atoms with Gasteiger partial charge in [-0.25, -0.2) is 9.69 Å². The Morgan fingerprint density at radius 2 is 1.65 bits per heavy atom. The molecule has 4 heteroatoms. The van der Waals surface area contributed by atoms with E-state index in [-0.39, 0.29) is 5.57 Å². The third kappa shape index (κ3) is 4.23. The molecule has 0 spiro atoms. The van der Waals surface area contributed by atoms with Crippen LogP contribution >= 0.6 is 0 Å². The highest BCUT2D eigenvalue weighted by Crippen LogP contribution is 2.20. The van der Waals surface area contributed by atoms with Gasteiger partial charge in [-0.1, -0.05) is 24.3 Å². The molecule has 0 saturated carbocycles. The molecule has 0 N–H and O–H groups in total. The van der Waals surface area contributed by atoms with E-state index in [2.05, 4.69) is 6.58 Å². The van der Waals surface area contributed by atoms with Crippen LogP contribution < -0.4 is 4.90 Å². The molecule has 2 amide bonds. The van der Waals surface area contributed by atoms with Crippen LogP contribution in [0.4, 0.5) is 10.5 Å². The van der Waals surface area contributed by atoms with Gasteiger partial charge in [-0.2, -0.15) is 0 Å². The van der Waals surface area contributed by atoms with Crippen molar-refractivity contribution in [2.75, 3.05) is 4.90 Å². The fraction of sp³-hybridized carbons (Fsp3) is 0.375. The summed E-state index contributed by atoms with van der Waals surface area (Å²) in [5, 5.41) is 0. The molecule has 0 atom stereocenters. The maximum absolute atomic E-state index is 12.2. The van der Waals surface area contributed by atoms with E-state index in [0.29, 0.717) is 5.69 Å². The topological polar surface area (TPSA) is 46.6 Å². The Kier molecular flexibility index (Phi) is 4.71. The van der Waals surface area contributed by atoms with Crippen LogP contribution in [-0.2, 0) is 9.53 Å². The average molecular weight is 275 g/mol. The number of carbonyl (C=O) groups excluding carboxylic acids is 2. The minimum atomic E-state index is -0.700. The molecule has 0 heterocycles. The van der Waals surface area contributed by atoms with Crippen molar-refractivity contribution in [3.05, 3.63) is 42.0 Å². The molecule has 20 heavy (non-hydrogen) atoms. The van der Waals surface area contributed by atoms with Crippen molar-refractivity contribution in [2.24, 2.45) is 0 Å². The van der Waals surface area contributed by atoms with Gasteiger partial charge >= 0.3 is 6.09 Å². The molecule has 4 nitrogen and oxygen atoms in total. The predicted molar refractivity (Wildman–Crippen MR) is 79.7 cm³/mol. The molecule has 0 aliphatic rings. The van der Waals surface area contributed by atoms with Crippen molar-refractivity contribution in [3.8, 4) is 0 Å². The molecule has 1 aromatic rings. The van der Waals surface area contributed by atoms with E-state index in [0.717, 1.165) is 10.5 Å². The zero-order valence-corrected chi connectivity index (χ0v) is 12.7. The van der Waals surface area contributed by atoms with Crippen LogP contribution in [0.15, 0.2) is 36.4 Å². The van der Waals surface area contributed by atoms with Crippen LogP contribution in [-0.4, -0.2) is 17.6 Å². The van der Waals surface area contributed by atoms with Gasteiger partial charge in [0.25, 0.3) is 5.91 Å². The highest BCUT2D eigenvalue weighted by atomic mass is 16.6. The summed E-state index contributed by atoms with van der Waals surface area (Å²) in [5.41, 5.74) is 1.12. The molecular weight excluding hydrogens is 254 g/mol. The molecule has 0 bridgehead atoms. The molecule has 1 aromatic carbocycles. The van der Waals surface area contributed by atoms with Crippen molar-refractivity contribution in [1.29, 1.82) is 0 Å². The number of anilines is 1. The van der Waals surface area contributed by atoms with E-state index < -0.39 is 17.6 Å². The first kappa shape index (κ1) is 16.0. The number of hydrogen-bond donors (Lipinski definition) is 0. The first-order valence-corrected chi connectivity index (χ1v) is 6.41. The Bertz CT molecular complexity index is 524. The molecular formula is C16H21NO3. The van der Waals surface area contributed by atoms with Gasteiger partial charge in [0.1, 0.15) is 5.60 Å². The minimum Gasteiger partial charge on any atom is -0.443 e. The second-order valence-corrected chi connectivity index (χ2v) is 5.74. The number of hydrogen-bond acceptors (Lipinski definition) is 3. The van der Waals surface area contributed by atoms with E-state index in [9.17, 15) is 9.59 Å². The van der Waals surface area contributed by atoms with Gasteiger partial charge in [0, 0.05) is 5.57 Å². The zero-order chi connectivity index (χ0) is 15.5. The lowest BCUT2D eigenvalue weighted by molar-refractivity contribution is -0.114. The Labute approximate surface area is 120 Å². The number of nitrogens with zero attached hydrogens (tertiary/aromatic N) is 1. The predicted octanol–water partition coefficient (Wildman–Crippen LogP) is 3.84. The maximum Gasteiger partial charge on any atom is 0.422 e. The van der Waals surface area contributed by atoms with E-state index in [1.54, 1.807) is 39.8 Å². The van der Waals surface area contributed by atoms with Crippen molar-refractivity contribution in [1.82, 2.24) is 0 Å². The monoisotopic (exact) mass is 275 g/mol. The van der Waals surface area contributed by atoms with Crippen molar-refractivity contribution < 1.29 is 14.3 Å². The lowest BCUT2D eigenvalue weighted by Gasteiger charge is -2.26. The summed E-state index contributed by atoms with van der Waals surface area (Å²) in [7, 11) is 0. The first-order chi connectivity index (χ1) is 9.11. The van der Waals surface area contributed by atoms with E-state index in [1.165, 1.54) is 0 Å². The van der Waals surface area contributed by atoms with E-state index in [1.807, 2.05) is 19.1 Å². The Morgan fingerprint density at radius 1 is 1.15 bits per heavy atom. The van der Waals surface area contributed by atoms with Crippen molar-refractivity contribution in [3.63, 3.8) is 0 Å². The lowest BCUT2D eigenvalue weighted by Crippen LogP contribution is -2.41. The SMILES string of the molecule is C=C(C)C(=O)N(C(=O)OC(C)(C)C)c1ccc(C)cc1. The molecule has 0 aromatic heterocycles. The highest BCUT2D eigenvalue weighted by Gasteiger charge is 2.28. The van der Waals surface area contributed by atoms with Crippen molar-refractivity contribution >= 4 is 17.7 Å². The van der Waals surface area contributed by atoms with Crippen molar-refractivity contribution in [2.45, 2.75) is 40.2 Å². The van der Waals surface area contributed by atoms with Gasteiger partial charge in [0.05, 0.1) is 5.69 Å². The lowest BCUT2D eigenvalue weighted by atomic mass is 10.2. The molecule has 108 valence electrons. The zero-order valence-electron chi connectivity index (χ0n) is 12.7. The highest BCUT2D eigenvalue weighted by molar-refractivity contribution is 6.18. The van der Waals surface area contributed by atoms with Crippen LogP contribution in [0.3, 0.4) is 0 Å². The summed E-state index contributed by atoms with van der Waals surface area (Å²) in [6.45, 7) is 12.4. The summed E-state index contributed by atoms with van der Waals surface area (Å²) < 4.78 is 5.28. The molecule has 0 saturated heterocycles. The molecule has 0 aliphatic carbocycles. The van der Waals surface area contributed by atoms with Gasteiger partial charge < -0.3 is 4.74 Å². The van der Waals surface area contributed by atoms with Crippen LogP contribution in [0.1, 0.15) is 33.3 Å². The van der Waals surface area contributed by atoms with E-state index in [4.69, 9.17) is 4.74 Å². The number of imide groups is 1. The summed E-state index contributed by atoms with van der Waals surface area (Å²) in [4.78, 5) is 25.4. The minimum absolute atomic E-state index is 0.274. The molecule has 0 fully saturated rings. The van der Waals surface area contributed by atoms with Gasteiger partial charge in [0.15, 0.2) is 0 Å². The van der Waals surface area contributed by atoms with Gasteiger partial charge in [-0.15, -0.1) is 0 Å². The van der Waals surface area contributed by atoms with Crippen LogP contribution in [0.5, 0.6) is 0 Å². The number of benzene rings is 1. The molecule has 0 aliphatic heterocycles. The number of ether oxygens (including phenoxy) is 1. The van der Waals surface area contributed by atoms with Gasteiger partial charge in [0.2, 0.25) is 0 Å². The molecule has 1 rings (SSSR count). The Balaban J connectivity index is 3.15. The maximum atomic E-state index is 12.2. The summed E-state index contributed by atoms with van der Waals surface area (Å²) in [6.07, 6.45) is -0.700. The number of aryl methyl sites for hydroxylation is 1. The third-order valence-corrected chi connectivity index (χ3v) is 2.44. The fourth-order valence-electron chi connectivity index (χ4n) is 1.50. The van der Waals surface area contributed by atoms with E-state index >= 15 is 0 Å². The number of carbonyl (C=O) groups is 2. The normalized spacial score (nSPS) is 10.8. The molecule has 0 unspecified atom stereocenters. The average Bonchev–Trinajstić information content (AvgIpc) is 2.29. The summed E-state index contributed by atoms with van der Waals surface area (Å²) >= 11 is 0. The van der Waals surface area contributed by atoms with Crippen LogP contribution in [0.25, 0.3) is 0 Å². The standard InChI is InChI=1S/C16H21NO3/c1-11(2)14(18)17(15(19)20-16(4,5)6)13-9-7-12(3)8-10-13/h7-10H,1H2,2-6H3.